The number of aromatic nitrogens is 1. The second-order valence-corrected chi connectivity index (χ2v) is 6.67. The van der Waals surface area contributed by atoms with Gasteiger partial charge in [0, 0.05) is 12.8 Å². The summed E-state index contributed by atoms with van der Waals surface area (Å²) in [5, 5.41) is 0. The predicted molar refractivity (Wildman–Crippen MR) is 79.2 cm³/mol. The lowest BCUT2D eigenvalue weighted by molar-refractivity contribution is -0.134. The molecule has 5 heteroatoms. The highest BCUT2D eigenvalue weighted by atomic mass is 79.9. The van der Waals surface area contributed by atoms with Gasteiger partial charge in [0.25, 0.3) is 0 Å². The molecule has 0 bridgehead atoms. The van der Waals surface area contributed by atoms with E-state index in [-0.39, 0.29) is 17.2 Å². The van der Waals surface area contributed by atoms with Crippen LogP contribution in [0.25, 0.3) is 0 Å². The number of carbonyl (C=O) groups is 2. The molecule has 106 valence electrons. The lowest BCUT2D eigenvalue weighted by Crippen LogP contribution is -2.49. The number of amides is 2. The van der Waals surface area contributed by atoms with Crippen LogP contribution in [0.1, 0.15) is 44.9 Å². The Hall–Kier alpha value is -1.23. The van der Waals surface area contributed by atoms with Gasteiger partial charge in [-0.1, -0.05) is 25.3 Å². The third kappa shape index (κ3) is 2.51. The Balaban J connectivity index is 1.86. The summed E-state index contributed by atoms with van der Waals surface area (Å²) in [6, 6.07) is 5.28. The molecule has 1 saturated carbocycles. The monoisotopic (exact) mass is 336 g/mol. The molecule has 2 fully saturated rings. The van der Waals surface area contributed by atoms with Gasteiger partial charge in [0.15, 0.2) is 0 Å². The molecule has 1 aliphatic heterocycles. The fraction of sp³-hybridized carbons (Fsp3) is 0.533. The van der Waals surface area contributed by atoms with Crippen LogP contribution >= 0.6 is 15.9 Å². The fourth-order valence-corrected chi connectivity index (χ4v) is 3.77. The maximum atomic E-state index is 12.4. The molecule has 0 radical (unpaired) electrons. The maximum Gasteiger partial charge on any atom is 0.235 e. The second kappa shape index (κ2) is 5.28. The summed E-state index contributed by atoms with van der Waals surface area (Å²) in [4.78, 5) is 30.4. The van der Waals surface area contributed by atoms with Gasteiger partial charge in [-0.2, -0.15) is 0 Å². The summed E-state index contributed by atoms with van der Waals surface area (Å²) in [5.74, 6) is 0.225. The molecule has 1 aliphatic carbocycles. The molecule has 1 aromatic rings. The minimum Gasteiger partial charge on any atom is -0.274 e. The lowest BCUT2D eigenvalue weighted by atomic mass is 9.67. The molecule has 0 unspecified atom stereocenters. The van der Waals surface area contributed by atoms with Crippen molar-refractivity contribution in [3.05, 3.63) is 22.8 Å². The number of piperidine rings is 1. The highest BCUT2D eigenvalue weighted by Crippen LogP contribution is 2.45. The number of carbonyl (C=O) groups excluding carboxylic acids is 2. The van der Waals surface area contributed by atoms with E-state index in [4.69, 9.17) is 0 Å². The van der Waals surface area contributed by atoms with Gasteiger partial charge >= 0.3 is 0 Å². The third-order valence-electron chi connectivity index (χ3n) is 4.39. The van der Waals surface area contributed by atoms with Crippen molar-refractivity contribution in [3.63, 3.8) is 0 Å². The van der Waals surface area contributed by atoms with Gasteiger partial charge < -0.3 is 0 Å². The standard InChI is InChI=1S/C15H17BrN2O2/c16-11-5-4-6-12(17-11)18-13(19)9-15(10-14(18)20)7-2-1-3-8-15/h4-6H,1-3,7-10H2. The van der Waals surface area contributed by atoms with E-state index >= 15 is 0 Å². The van der Waals surface area contributed by atoms with Gasteiger partial charge in [0.1, 0.15) is 10.4 Å². The fourth-order valence-electron chi connectivity index (χ4n) is 3.43. The number of nitrogens with zero attached hydrogens (tertiary/aromatic N) is 2. The molecular weight excluding hydrogens is 320 g/mol. The molecule has 2 amide bonds. The first kappa shape index (κ1) is 13.7. The molecule has 0 aromatic carbocycles. The first-order chi connectivity index (χ1) is 9.60. The zero-order chi connectivity index (χ0) is 14.2. The first-order valence-electron chi connectivity index (χ1n) is 7.08. The normalized spacial score (nSPS) is 22.4. The summed E-state index contributed by atoms with van der Waals surface area (Å²) >= 11 is 3.28. The smallest absolute Gasteiger partial charge is 0.235 e. The highest BCUT2D eigenvalue weighted by molar-refractivity contribution is 9.10. The molecule has 4 nitrogen and oxygen atoms in total. The van der Waals surface area contributed by atoms with Gasteiger partial charge in [-0.05, 0) is 46.3 Å². The van der Waals surface area contributed by atoms with E-state index in [0.29, 0.717) is 23.3 Å². The van der Waals surface area contributed by atoms with Crippen molar-refractivity contribution in [1.29, 1.82) is 0 Å². The van der Waals surface area contributed by atoms with Crippen LogP contribution in [0, 0.1) is 5.41 Å². The molecule has 0 N–H and O–H groups in total. The highest BCUT2D eigenvalue weighted by Gasteiger charge is 2.44. The molecule has 1 aromatic heterocycles. The van der Waals surface area contributed by atoms with Crippen molar-refractivity contribution < 1.29 is 9.59 Å². The van der Waals surface area contributed by atoms with Gasteiger partial charge in [-0.15, -0.1) is 0 Å². The largest absolute Gasteiger partial charge is 0.274 e. The minimum atomic E-state index is -0.103. The van der Waals surface area contributed by atoms with Crippen LogP contribution in [0.4, 0.5) is 5.82 Å². The van der Waals surface area contributed by atoms with E-state index in [2.05, 4.69) is 20.9 Å². The van der Waals surface area contributed by atoms with Crippen LogP contribution in [0.3, 0.4) is 0 Å². The maximum absolute atomic E-state index is 12.4. The summed E-state index contributed by atoms with van der Waals surface area (Å²) < 4.78 is 0.633. The zero-order valence-corrected chi connectivity index (χ0v) is 12.9. The Morgan fingerprint density at radius 1 is 1.05 bits per heavy atom. The van der Waals surface area contributed by atoms with Crippen molar-refractivity contribution in [3.8, 4) is 0 Å². The van der Waals surface area contributed by atoms with E-state index in [0.717, 1.165) is 25.7 Å². The molecule has 2 heterocycles. The predicted octanol–water partition coefficient (Wildman–Crippen LogP) is 3.45. The van der Waals surface area contributed by atoms with Crippen molar-refractivity contribution >= 4 is 33.6 Å². The number of imide groups is 1. The van der Waals surface area contributed by atoms with Crippen LogP contribution in [0.15, 0.2) is 22.8 Å². The molecule has 1 saturated heterocycles. The number of anilines is 1. The van der Waals surface area contributed by atoms with Crippen molar-refractivity contribution in [1.82, 2.24) is 4.98 Å². The number of hydrogen-bond acceptors (Lipinski definition) is 3. The number of pyridine rings is 1. The Kier molecular flexibility index (Phi) is 3.63. The zero-order valence-electron chi connectivity index (χ0n) is 11.3. The van der Waals surface area contributed by atoms with Gasteiger partial charge in [-0.25, -0.2) is 9.88 Å². The molecular formula is C15H17BrN2O2. The topological polar surface area (TPSA) is 50.3 Å². The van der Waals surface area contributed by atoms with Gasteiger partial charge in [-0.3, -0.25) is 9.59 Å². The Labute approximate surface area is 126 Å². The molecule has 20 heavy (non-hydrogen) atoms. The first-order valence-corrected chi connectivity index (χ1v) is 7.87. The van der Waals surface area contributed by atoms with Gasteiger partial charge in [0.05, 0.1) is 0 Å². The Morgan fingerprint density at radius 3 is 2.30 bits per heavy atom. The summed E-state index contributed by atoms with van der Waals surface area (Å²) in [6.45, 7) is 0. The Morgan fingerprint density at radius 2 is 1.70 bits per heavy atom. The van der Waals surface area contributed by atoms with Crippen molar-refractivity contribution in [2.75, 3.05) is 4.90 Å². The number of halogens is 1. The van der Waals surface area contributed by atoms with E-state index in [1.165, 1.54) is 11.3 Å². The Bertz CT molecular complexity index is 533. The van der Waals surface area contributed by atoms with Crippen LogP contribution in [-0.2, 0) is 9.59 Å². The molecule has 0 atom stereocenters. The van der Waals surface area contributed by atoms with E-state index in [1.54, 1.807) is 18.2 Å². The van der Waals surface area contributed by atoms with Crippen LogP contribution in [-0.4, -0.2) is 16.8 Å². The van der Waals surface area contributed by atoms with Crippen molar-refractivity contribution in [2.45, 2.75) is 44.9 Å². The van der Waals surface area contributed by atoms with E-state index < -0.39 is 0 Å². The average Bonchev–Trinajstić information content (AvgIpc) is 2.38. The molecule has 1 spiro atoms. The molecule has 2 aliphatic rings. The van der Waals surface area contributed by atoms with Crippen LogP contribution in [0.2, 0.25) is 0 Å². The quantitative estimate of drug-likeness (QED) is 0.583. The molecule has 3 rings (SSSR count). The SMILES string of the molecule is O=C1CC2(CCCCC2)CC(=O)N1c1cccc(Br)n1. The number of rotatable bonds is 1. The third-order valence-corrected chi connectivity index (χ3v) is 4.84. The summed E-state index contributed by atoms with van der Waals surface area (Å²) in [6.07, 6.45) is 6.46. The van der Waals surface area contributed by atoms with Gasteiger partial charge in [0.2, 0.25) is 11.8 Å². The lowest BCUT2D eigenvalue weighted by Gasteiger charge is -2.42. The van der Waals surface area contributed by atoms with E-state index in [9.17, 15) is 9.59 Å². The van der Waals surface area contributed by atoms with Crippen molar-refractivity contribution in [2.24, 2.45) is 5.41 Å². The summed E-state index contributed by atoms with van der Waals surface area (Å²) in [5.41, 5.74) is -0.0745. The van der Waals surface area contributed by atoms with Crippen LogP contribution < -0.4 is 4.90 Å². The second-order valence-electron chi connectivity index (χ2n) is 5.86. The minimum absolute atomic E-state index is 0.0745. The van der Waals surface area contributed by atoms with Crippen LogP contribution in [0.5, 0.6) is 0 Å². The summed E-state index contributed by atoms with van der Waals surface area (Å²) in [7, 11) is 0. The van der Waals surface area contributed by atoms with E-state index in [1.807, 2.05) is 0 Å². The average molecular weight is 337 g/mol. The number of hydrogen-bond donors (Lipinski definition) is 0.